The molecule has 1 aliphatic rings. The molecule has 0 aromatic carbocycles. The lowest BCUT2D eigenvalue weighted by molar-refractivity contribution is 0.108. The second-order valence-corrected chi connectivity index (χ2v) is 4.74. The number of nitrogens with zero attached hydrogens (tertiary/aromatic N) is 2. The smallest absolute Gasteiger partial charge is 0.212 e. The Morgan fingerprint density at radius 2 is 2.06 bits per heavy atom. The van der Waals surface area contributed by atoms with Crippen LogP contribution >= 0.6 is 0 Å². The Morgan fingerprint density at radius 3 is 2.59 bits per heavy atom. The number of pyridine rings is 1. The molecular weight excluding hydrogens is 214 g/mol. The number of rotatable bonds is 3. The van der Waals surface area contributed by atoms with Gasteiger partial charge in [-0.25, -0.2) is 4.98 Å². The molecule has 4 nitrogen and oxygen atoms in total. The second kappa shape index (κ2) is 5.47. The van der Waals surface area contributed by atoms with E-state index in [-0.39, 0.29) is 0 Å². The number of aromatic nitrogens is 1. The van der Waals surface area contributed by atoms with Crippen LogP contribution in [-0.4, -0.2) is 42.2 Å². The van der Waals surface area contributed by atoms with Crippen molar-refractivity contribution in [1.29, 1.82) is 0 Å². The van der Waals surface area contributed by atoms with Gasteiger partial charge in [-0.05, 0) is 19.4 Å². The lowest BCUT2D eigenvalue weighted by Crippen LogP contribution is -2.54. The SMILES string of the molecule is COc1ccc(CN2C(C)CNCC2C)cn1. The molecule has 2 heterocycles. The molecule has 1 aromatic rings. The highest BCUT2D eigenvalue weighted by atomic mass is 16.5. The van der Waals surface area contributed by atoms with E-state index in [1.165, 1.54) is 5.56 Å². The largest absolute Gasteiger partial charge is 0.481 e. The first-order valence-corrected chi connectivity index (χ1v) is 6.16. The normalized spacial score (nSPS) is 25.8. The lowest BCUT2D eigenvalue weighted by Gasteiger charge is -2.39. The van der Waals surface area contributed by atoms with Gasteiger partial charge in [-0.15, -0.1) is 0 Å². The fraction of sp³-hybridized carbons (Fsp3) is 0.615. The first-order chi connectivity index (χ1) is 8.20. The Morgan fingerprint density at radius 1 is 1.35 bits per heavy atom. The fourth-order valence-electron chi connectivity index (χ4n) is 2.32. The summed E-state index contributed by atoms with van der Waals surface area (Å²) in [7, 11) is 1.64. The van der Waals surface area contributed by atoms with Gasteiger partial charge >= 0.3 is 0 Å². The summed E-state index contributed by atoms with van der Waals surface area (Å²) in [6.45, 7) is 7.61. The van der Waals surface area contributed by atoms with E-state index in [0.29, 0.717) is 18.0 Å². The van der Waals surface area contributed by atoms with Crippen LogP contribution in [0, 0.1) is 0 Å². The van der Waals surface area contributed by atoms with Crippen molar-refractivity contribution >= 4 is 0 Å². The maximum atomic E-state index is 5.07. The molecule has 4 heteroatoms. The maximum absolute atomic E-state index is 5.07. The minimum atomic E-state index is 0.570. The van der Waals surface area contributed by atoms with E-state index in [4.69, 9.17) is 4.74 Å². The molecule has 2 atom stereocenters. The summed E-state index contributed by atoms with van der Waals surface area (Å²) in [6, 6.07) is 5.15. The first-order valence-electron chi connectivity index (χ1n) is 6.16. The first kappa shape index (κ1) is 12.3. The minimum absolute atomic E-state index is 0.570. The van der Waals surface area contributed by atoms with E-state index in [1.54, 1.807) is 7.11 Å². The van der Waals surface area contributed by atoms with Gasteiger partial charge in [0.2, 0.25) is 5.88 Å². The van der Waals surface area contributed by atoms with Gasteiger partial charge in [0.05, 0.1) is 7.11 Å². The number of methoxy groups -OCH3 is 1. The average molecular weight is 235 g/mol. The molecule has 0 amide bonds. The predicted octanol–water partition coefficient (Wildman–Crippen LogP) is 1.27. The van der Waals surface area contributed by atoms with E-state index in [0.717, 1.165) is 19.6 Å². The van der Waals surface area contributed by atoms with Crippen molar-refractivity contribution in [1.82, 2.24) is 15.2 Å². The predicted molar refractivity (Wildman–Crippen MR) is 68.1 cm³/mol. The summed E-state index contributed by atoms with van der Waals surface area (Å²) < 4.78 is 5.07. The van der Waals surface area contributed by atoms with Crippen molar-refractivity contribution in [2.24, 2.45) is 0 Å². The molecule has 1 aromatic heterocycles. The molecule has 17 heavy (non-hydrogen) atoms. The van der Waals surface area contributed by atoms with E-state index >= 15 is 0 Å². The fourth-order valence-corrected chi connectivity index (χ4v) is 2.32. The molecule has 2 unspecified atom stereocenters. The standard InChI is InChI=1S/C13H21N3O/c1-10-6-14-7-11(2)16(10)9-12-4-5-13(17-3)15-8-12/h4-5,8,10-11,14H,6-7,9H2,1-3H3. The van der Waals surface area contributed by atoms with Crippen LogP contribution in [0.1, 0.15) is 19.4 Å². The van der Waals surface area contributed by atoms with Gasteiger partial charge in [-0.3, -0.25) is 4.90 Å². The van der Waals surface area contributed by atoms with Crippen molar-refractivity contribution in [3.63, 3.8) is 0 Å². The molecule has 0 spiro atoms. The number of nitrogens with one attached hydrogen (secondary N) is 1. The number of hydrogen-bond acceptors (Lipinski definition) is 4. The van der Waals surface area contributed by atoms with Gasteiger partial charge in [0.15, 0.2) is 0 Å². The third kappa shape index (κ3) is 2.96. The molecular formula is C13H21N3O. The number of piperazine rings is 1. The van der Waals surface area contributed by atoms with Crippen molar-refractivity contribution in [2.75, 3.05) is 20.2 Å². The molecule has 94 valence electrons. The van der Waals surface area contributed by atoms with Crippen LogP contribution in [-0.2, 0) is 6.54 Å². The highest BCUT2D eigenvalue weighted by Crippen LogP contribution is 2.15. The van der Waals surface area contributed by atoms with Crippen molar-refractivity contribution in [2.45, 2.75) is 32.5 Å². The molecule has 1 saturated heterocycles. The van der Waals surface area contributed by atoms with Gasteiger partial charge in [0.25, 0.3) is 0 Å². The molecule has 0 aliphatic carbocycles. The van der Waals surface area contributed by atoms with Crippen LogP contribution in [0.4, 0.5) is 0 Å². The van der Waals surface area contributed by atoms with Crippen LogP contribution < -0.4 is 10.1 Å². The number of hydrogen-bond donors (Lipinski definition) is 1. The topological polar surface area (TPSA) is 37.4 Å². The Kier molecular flexibility index (Phi) is 3.97. The molecule has 0 bridgehead atoms. The minimum Gasteiger partial charge on any atom is -0.481 e. The summed E-state index contributed by atoms with van der Waals surface area (Å²) in [6.07, 6.45) is 1.90. The maximum Gasteiger partial charge on any atom is 0.212 e. The molecule has 1 aliphatic heterocycles. The van der Waals surface area contributed by atoms with Gasteiger partial charge < -0.3 is 10.1 Å². The Hall–Kier alpha value is -1.13. The summed E-state index contributed by atoms with van der Waals surface area (Å²) in [5.74, 6) is 0.676. The molecule has 0 radical (unpaired) electrons. The molecule has 2 rings (SSSR count). The quantitative estimate of drug-likeness (QED) is 0.856. The van der Waals surface area contributed by atoms with Crippen LogP contribution in [0.25, 0.3) is 0 Å². The van der Waals surface area contributed by atoms with Gasteiger partial charge in [-0.2, -0.15) is 0 Å². The molecule has 1 fully saturated rings. The third-order valence-corrected chi connectivity index (χ3v) is 3.38. The third-order valence-electron chi connectivity index (χ3n) is 3.38. The van der Waals surface area contributed by atoms with Crippen LogP contribution in [0.5, 0.6) is 5.88 Å². The Balaban J connectivity index is 2.03. The van der Waals surface area contributed by atoms with E-state index < -0.39 is 0 Å². The van der Waals surface area contributed by atoms with Gasteiger partial charge in [0, 0.05) is 44.0 Å². The van der Waals surface area contributed by atoms with E-state index in [2.05, 4.69) is 35.1 Å². The van der Waals surface area contributed by atoms with Gasteiger partial charge in [-0.1, -0.05) is 6.07 Å². The zero-order valence-electron chi connectivity index (χ0n) is 10.8. The zero-order chi connectivity index (χ0) is 12.3. The lowest BCUT2D eigenvalue weighted by atomic mass is 10.1. The number of ether oxygens (including phenoxy) is 1. The van der Waals surface area contributed by atoms with Gasteiger partial charge in [0.1, 0.15) is 0 Å². The van der Waals surface area contributed by atoms with E-state index in [9.17, 15) is 0 Å². The second-order valence-electron chi connectivity index (χ2n) is 4.74. The summed E-state index contributed by atoms with van der Waals surface area (Å²) >= 11 is 0. The highest BCUT2D eigenvalue weighted by molar-refractivity contribution is 5.18. The van der Waals surface area contributed by atoms with Crippen molar-refractivity contribution in [3.05, 3.63) is 23.9 Å². The zero-order valence-corrected chi connectivity index (χ0v) is 10.8. The van der Waals surface area contributed by atoms with Crippen LogP contribution in [0.2, 0.25) is 0 Å². The van der Waals surface area contributed by atoms with Crippen molar-refractivity contribution in [3.8, 4) is 5.88 Å². The van der Waals surface area contributed by atoms with Crippen LogP contribution in [0.3, 0.4) is 0 Å². The summed E-state index contributed by atoms with van der Waals surface area (Å²) in [5, 5.41) is 3.44. The van der Waals surface area contributed by atoms with Crippen LogP contribution in [0.15, 0.2) is 18.3 Å². The summed E-state index contributed by atoms with van der Waals surface area (Å²) in [5.41, 5.74) is 1.24. The molecule has 1 N–H and O–H groups in total. The van der Waals surface area contributed by atoms with Crippen molar-refractivity contribution < 1.29 is 4.74 Å². The highest BCUT2D eigenvalue weighted by Gasteiger charge is 2.24. The monoisotopic (exact) mass is 235 g/mol. The Bertz CT molecular complexity index is 342. The van der Waals surface area contributed by atoms with E-state index in [1.807, 2.05) is 12.3 Å². The average Bonchev–Trinajstić information content (AvgIpc) is 2.35. The Labute approximate surface area is 103 Å². The molecule has 0 saturated carbocycles. The summed E-state index contributed by atoms with van der Waals surface area (Å²) in [4.78, 5) is 6.76.